The Morgan fingerprint density at radius 2 is 1.85 bits per heavy atom. The van der Waals surface area contributed by atoms with Crippen molar-refractivity contribution in [2.45, 2.75) is 26.7 Å². The van der Waals surface area contributed by atoms with Crippen molar-refractivity contribution >= 4 is 23.3 Å². The fourth-order valence-electron chi connectivity index (χ4n) is 3.23. The van der Waals surface area contributed by atoms with E-state index in [1.54, 1.807) is 0 Å². The molecule has 1 atom stereocenters. The number of anilines is 2. The van der Waals surface area contributed by atoms with E-state index in [0.29, 0.717) is 11.3 Å². The highest BCUT2D eigenvalue weighted by molar-refractivity contribution is 5.99. The normalized spacial score (nSPS) is 15.9. The lowest BCUT2D eigenvalue weighted by Gasteiger charge is -2.25. The van der Waals surface area contributed by atoms with Crippen molar-refractivity contribution in [3.05, 3.63) is 55.7 Å². The maximum atomic E-state index is 12.4. The van der Waals surface area contributed by atoms with Gasteiger partial charge in [0.05, 0.1) is 11.5 Å². The standard InChI is InChI=1S/C19H22N4O4/c1-10-5-6-13(7-11(10)2)20-15(24)9-12-8-14-16(21-17(12)25)22(3)19(27)23(4)18(14)26/h5-7,12H,8-9H2,1-4H3,(H,20,24)(H,21,25). The molecule has 8 heteroatoms. The Hall–Kier alpha value is -3.16. The van der Waals surface area contributed by atoms with Crippen LogP contribution in [0.5, 0.6) is 0 Å². The quantitative estimate of drug-likeness (QED) is 0.836. The van der Waals surface area contributed by atoms with Gasteiger partial charge in [0.15, 0.2) is 0 Å². The largest absolute Gasteiger partial charge is 0.332 e. The summed E-state index contributed by atoms with van der Waals surface area (Å²) in [7, 11) is 2.89. The van der Waals surface area contributed by atoms with Crippen LogP contribution in [0.25, 0.3) is 0 Å². The Morgan fingerprint density at radius 3 is 2.52 bits per heavy atom. The van der Waals surface area contributed by atoms with Gasteiger partial charge in [-0.2, -0.15) is 0 Å². The number of aryl methyl sites for hydroxylation is 2. The summed E-state index contributed by atoms with van der Waals surface area (Å²) >= 11 is 0. The third kappa shape index (κ3) is 3.42. The first-order chi connectivity index (χ1) is 12.7. The second kappa shape index (κ2) is 6.86. The van der Waals surface area contributed by atoms with E-state index < -0.39 is 17.2 Å². The average Bonchev–Trinajstić information content (AvgIpc) is 2.62. The smallest absolute Gasteiger partial charge is 0.326 e. The third-order valence-electron chi connectivity index (χ3n) is 5.04. The van der Waals surface area contributed by atoms with Gasteiger partial charge in [0.2, 0.25) is 11.8 Å². The van der Waals surface area contributed by atoms with E-state index in [1.165, 1.54) is 18.7 Å². The van der Waals surface area contributed by atoms with Gasteiger partial charge in [-0.3, -0.25) is 23.5 Å². The summed E-state index contributed by atoms with van der Waals surface area (Å²) in [6.45, 7) is 3.94. The highest BCUT2D eigenvalue weighted by atomic mass is 16.2. The van der Waals surface area contributed by atoms with Crippen molar-refractivity contribution in [2.24, 2.45) is 20.0 Å². The summed E-state index contributed by atoms with van der Waals surface area (Å²) in [4.78, 5) is 49.1. The molecule has 2 aromatic rings. The molecule has 1 unspecified atom stereocenters. The number of amides is 2. The summed E-state index contributed by atoms with van der Waals surface area (Å²) in [6.07, 6.45) is 0.0620. The SMILES string of the molecule is Cc1ccc(NC(=O)CC2Cc3c(n(C)c(=O)n(C)c3=O)NC2=O)cc1C. The first-order valence-corrected chi connectivity index (χ1v) is 8.66. The first kappa shape index (κ1) is 18.6. The molecule has 0 saturated heterocycles. The van der Waals surface area contributed by atoms with Crippen LogP contribution in [0.15, 0.2) is 27.8 Å². The minimum atomic E-state index is -0.672. The van der Waals surface area contributed by atoms with E-state index in [4.69, 9.17) is 0 Å². The maximum absolute atomic E-state index is 12.4. The number of benzene rings is 1. The van der Waals surface area contributed by atoms with Crippen LogP contribution in [0, 0.1) is 19.8 Å². The summed E-state index contributed by atoms with van der Waals surface area (Å²) in [5.41, 5.74) is 2.22. The predicted molar refractivity (Wildman–Crippen MR) is 102 cm³/mol. The van der Waals surface area contributed by atoms with Crippen LogP contribution in [0.3, 0.4) is 0 Å². The fraction of sp³-hybridized carbons (Fsp3) is 0.368. The van der Waals surface area contributed by atoms with Crippen LogP contribution in [0.1, 0.15) is 23.1 Å². The first-order valence-electron chi connectivity index (χ1n) is 8.66. The van der Waals surface area contributed by atoms with Crippen LogP contribution in [0.4, 0.5) is 11.5 Å². The molecule has 3 rings (SSSR count). The number of carbonyl (C=O) groups excluding carboxylic acids is 2. The Bertz CT molecular complexity index is 1060. The van der Waals surface area contributed by atoms with Gasteiger partial charge >= 0.3 is 5.69 Å². The van der Waals surface area contributed by atoms with Gasteiger partial charge in [-0.25, -0.2) is 4.79 Å². The number of carbonyl (C=O) groups is 2. The maximum Gasteiger partial charge on any atom is 0.332 e. The summed E-state index contributed by atoms with van der Waals surface area (Å²) in [6, 6.07) is 5.59. The zero-order chi connectivity index (χ0) is 19.9. The highest BCUT2D eigenvalue weighted by Gasteiger charge is 2.32. The van der Waals surface area contributed by atoms with Crippen LogP contribution in [0.2, 0.25) is 0 Å². The van der Waals surface area contributed by atoms with E-state index in [-0.39, 0.29) is 30.5 Å². The highest BCUT2D eigenvalue weighted by Crippen LogP contribution is 2.24. The Kier molecular flexibility index (Phi) is 4.73. The van der Waals surface area contributed by atoms with E-state index in [2.05, 4.69) is 10.6 Å². The molecule has 0 bridgehead atoms. The van der Waals surface area contributed by atoms with Crippen LogP contribution < -0.4 is 21.9 Å². The summed E-state index contributed by atoms with van der Waals surface area (Å²) in [5.74, 6) is -1.14. The topological polar surface area (TPSA) is 102 Å². The molecule has 0 radical (unpaired) electrons. The molecule has 1 aromatic heterocycles. The monoisotopic (exact) mass is 370 g/mol. The van der Waals surface area contributed by atoms with Gasteiger partial charge in [0.25, 0.3) is 5.56 Å². The summed E-state index contributed by atoms with van der Waals surface area (Å²) < 4.78 is 2.24. The van der Waals surface area contributed by atoms with Crippen LogP contribution in [-0.2, 0) is 30.1 Å². The second-order valence-corrected chi connectivity index (χ2v) is 6.97. The number of nitrogens with zero attached hydrogens (tertiary/aromatic N) is 2. The second-order valence-electron chi connectivity index (χ2n) is 6.97. The Labute approximate surface area is 155 Å². The minimum Gasteiger partial charge on any atom is -0.326 e. The Morgan fingerprint density at radius 1 is 1.15 bits per heavy atom. The van der Waals surface area contributed by atoms with Crippen LogP contribution >= 0.6 is 0 Å². The molecule has 0 fully saturated rings. The van der Waals surface area contributed by atoms with E-state index in [9.17, 15) is 19.2 Å². The van der Waals surface area contributed by atoms with Crippen LogP contribution in [-0.4, -0.2) is 20.9 Å². The predicted octanol–water partition coefficient (Wildman–Crippen LogP) is 0.840. The van der Waals surface area contributed by atoms with Gasteiger partial charge < -0.3 is 10.6 Å². The van der Waals surface area contributed by atoms with E-state index in [0.717, 1.165) is 15.7 Å². The van der Waals surface area contributed by atoms with Crippen molar-refractivity contribution < 1.29 is 9.59 Å². The van der Waals surface area contributed by atoms with E-state index in [1.807, 2.05) is 32.0 Å². The lowest BCUT2D eigenvalue weighted by Crippen LogP contribution is -2.45. The molecule has 8 nitrogen and oxygen atoms in total. The molecule has 1 aliphatic rings. The average molecular weight is 370 g/mol. The van der Waals surface area contributed by atoms with Crippen molar-refractivity contribution in [1.29, 1.82) is 0 Å². The number of fused-ring (bicyclic) bond motifs is 1. The molecular weight excluding hydrogens is 348 g/mol. The van der Waals surface area contributed by atoms with Crippen molar-refractivity contribution in [3.8, 4) is 0 Å². The summed E-state index contributed by atoms with van der Waals surface area (Å²) in [5, 5.41) is 5.39. The van der Waals surface area contributed by atoms with Crippen molar-refractivity contribution in [3.63, 3.8) is 0 Å². The molecule has 2 N–H and O–H groups in total. The zero-order valence-electron chi connectivity index (χ0n) is 15.8. The molecular formula is C19H22N4O4. The van der Waals surface area contributed by atoms with Gasteiger partial charge in [-0.05, 0) is 43.5 Å². The molecule has 142 valence electrons. The fourth-order valence-corrected chi connectivity index (χ4v) is 3.23. The molecule has 0 saturated carbocycles. The molecule has 2 amide bonds. The van der Waals surface area contributed by atoms with Gasteiger partial charge in [0.1, 0.15) is 5.82 Å². The zero-order valence-corrected chi connectivity index (χ0v) is 15.8. The van der Waals surface area contributed by atoms with Crippen molar-refractivity contribution in [2.75, 3.05) is 10.6 Å². The number of hydrogen-bond acceptors (Lipinski definition) is 4. The molecule has 1 aromatic carbocycles. The van der Waals surface area contributed by atoms with Gasteiger partial charge in [-0.1, -0.05) is 6.07 Å². The number of rotatable bonds is 3. The Balaban J connectivity index is 1.80. The minimum absolute atomic E-state index is 0.0514. The van der Waals surface area contributed by atoms with Gasteiger partial charge in [0, 0.05) is 26.2 Å². The van der Waals surface area contributed by atoms with E-state index >= 15 is 0 Å². The molecule has 27 heavy (non-hydrogen) atoms. The number of nitrogens with one attached hydrogen (secondary N) is 2. The lowest BCUT2D eigenvalue weighted by molar-refractivity contribution is -0.125. The van der Waals surface area contributed by atoms with Crippen molar-refractivity contribution in [1.82, 2.24) is 9.13 Å². The molecule has 0 aliphatic carbocycles. The number of aromatic nitrogens is 2. The molecule has 0 spiro atoms. The lowest BCUT2D eigenvalue weighted by atomic mass is 9.92. The number of hydrogen-bond donors (Lipinski definition) is 2. The molecule has 1 aliphatic heterocycles. The van der Waals surface area contributed by atoms with Gasteiger partial charge in [-0.15, -0.1) is 0 Å². The molecule has 2 heterocycles. The third-order valence-corrected chi connectivity index (χ3v) is 5.04.